The van der Waals surface area contributed by atoms with Crippen LogP contribution in [-0.2, 0) is 16.0 Å². The van der Waals surface area contributed by atoms with E-state index in [1.807, 2.05) is 26.8 Å². The van der Waals surface area contributed by atoms with Crippen molar-refractivity contribution in [2.75, 3.05) is 26.2 Å². The molecule has 1 aromatic rings. The van der Waals surface area contributed by atoms with Gasteiger partial charge in [0.2, 0.25) is 0 Å². The molecule has 1 aromatic carbocycles. The van der Waals surface area contributed by atoms with Gasteiger partial charge in [0, 0.05) is 13.1 Å². The second-order valence-corrected chi connectivity index (χ2v) is 5.75. The maximum absolute atomic E-state index is 11.4. The first-order valence-electron chi connectivity index (χ1n) is 7.14. The van der Waals surface area contributed by atoms with Gasteiger partial charge in [0.15, 0.2) is 0 Å². The van der Waals surface area contributed by atoms with Gasteiger partial charge in [-0.1, -0.05) is 30.3 Å². The average molecular weight is 278 g/mol. The molecule has 1 rings (SSSR count). The third kappa shape index (κ3) is 8.67. The fourth-order valence-electron chi connectivity index (χ4n) is 1.75. The second kappa shape index (κ2) is 8.72. The Balaban J connectivity index is 1.96. The van der Waals surface area contributed by atoms with Crippen molar-refractivity contribution >= 4 is 5.97 Å². The summed E-state index contributed by atoms with van der Waals surface area (Å²) in [6.45, 7) is 8.42. The molecule has 0 spiro atoms. The minimum absolute atomic E-state index is 0.207. The summed E-state index contributed by atoms with van der Waals surface area (Å²) in [4.78, 5) is 11.4. The number of esters is 1. The van der Waals surface area contributed by atoms with Gasteiger partial charge < -0.3 is 15.4 Å². The van der Waals surface area contributed by atoms with Crippen LogP contribution < -0.4 is 10.6 Å². The summed E-state index contributed by atoms with van der Waals surface area (Å²) in [6.07, 6.45) is 1.02. The van der Waals surface area contributed by atoms with Gasteiger partial charge >= 0.3 is 5.97 Å². The number of nitrogens with one attached hydrogen (secondary N) is 2. The lowest BCUT2D eigenvalue weighted by atomic mass is 10.1. The van der Waals surface area contributed by atoms with Gasteiger partial charge in [0.25, 0.3) is 0 Å². The molecule has 0 radical (unpaired) electrons. The molecule has 0 unspecified atom stereocenters. The normalized spacial score (nSPS) is 11.3. The lowest BCUT2D eigenvalue weighted by Gasteiger charge is -2.19. The summed E-state index contributed by atoms with van der Waals surface area (Å²) in [7, 11) is 0. The number of carbonyl (C=O) groups excluding carboxylic acids is 1. The number of benzene rings is 1. The van der Waals surface area contributed by atoms with Crippen LogP contribution in [-0.4, -0.2) is 37.7 Å². The van der Waals surface area contributed by atoms with Gasteiger partial charge in [-0.15, -0.1) is 0 Å². The maximum Gasteiger partial charge on any atom is 0.320 e. The first-order valence-corrected chi connectivity index (χ1v) is 7.14. The zero-order chi connectivity index (χ0) is 14.8. The zero-order valence-electron chi connectivity index (χ0n) is 12.7. The molecule has 2 N–H and O–H groups in total. The molecule has 0 aliphatic heterocycles. The number of ether oxygens (including phenoxy) is 1. The average Bonchev–Trinajstić information content (AvgIpc) is 2.37. The van der Waals surface area contributed by atoms with Crippen LogP contribution in [0.5, 0.6) is 0 Å². The fraction of sp³-hybridized carbons (Fsp3) is 0.562. The van der Waals surface area contributed by atoms with Crippen molar-refractivity contribution in [1.82, 2.24) is 10.6 Å². The van der Waals surface area contributed by atoms with E-state index >= 15 is 0 Å². The van der Waals surface area contributed by atoms with Crippen LogP contribution in [0.1, 0.15) is 26.3 Å². The van der Waals surface area contributed by atoms with Crippen LogP contribution in [0.3, 0.4) is 0 Å². The van der Waals surface area contributed by atoms with Crippen LogP contribution in [0.4, 0.5) is 0 Å². The lowest BCUT2D eigenvalue weighted by Crippen LogP contribution is -2.35. The Morgan fingerprint density at radius 3 is 2.35 bits per heavy atom. The quantitative estimate of drug-likeness (QED) is 0.562. The summed E-state index contributed by atoms with van der Waals surface area (Å²) in [5.41, 5.74) is 0.925. The summed E-state index contributed by atoms with van der Waals surface area (Å²) in [6, 6.07) is 10.4. The van der Waals surface area contributed by atoms with Crippen molar-refractivity contribution < 1.29 is 9.53 Å². The van der Waals surface area contributed by atoms with Crippen molar-refractivity contribution in [2.45, 2.75) is 32.8 Å². The molecular weight excluding hydrogens is 252 g/mol. The number of hydrogen-bond acceptors (Lipinski definition) is 4. The Kier molecular flexibility index (Phi) is 7.26. The third-order valence-electron chi connectivity index (χ3n) is 2.60. The van der Waals surface area contributed by atoms with E-state index in [1.165, 1.54) is 5.56 Å². The summed E-state index contributed by atoms with van der Waals surface area (Å²) < 4.78 is 5.20. The van der Waals surface area contributed by atoms with E-state index in [0.29, 0.717) is 0 Å². The summed E-state index contributed by atoms with van der Waals surface area (Å²) in [5.74, 6) is -0.207. The SMILES string of the molecule is CC(C)(C)OC(=O)CNCCNCCc1ccccc1. The number of hydrogen-bond donors (Lipinski definition) is 2. The molecule has 0 saturated heterocycles. The smallest absolute Gasteiger partial charge is 0.320 e. The minimum Gasteiger partial charge on any atom is -0.459 e. The predicted octanol–water partition coefficient (Wildman–Crippen LogP) is 1.75. The Morgan fingerprint density at radius 2 is 1.70 bits per heavy atom. The molecule has 112 valence electrons. The minimum atomic E-state index is -0.410. The van der Waals surface area contributed by atoms with Crippen molar-refractivity contribution in [3.8, 4) is 0 Å². The van der Waals surface area contributed by atoms with E-state index in [-0.39, 0.29) is 12.5 Å². The Labute approximate surface area is 121 Å². The van der Waals surface area contributed by atoms with Gasteiger partial charge in [-0.25, -0.2) is 0 Å². The predicted molar refractivity (Wildman–Crippen MR) is 81.7 cm³/mol. The molecule has 0 atom stereocenters. The van der Waals surface area contributed by atoms with E-state index in [2.05, 4.69) is 34.9 Å². The molecule has 0 amide bonds. The highest BCUT2D eigenvalue weighted by molar-refractivity contribution is 5.72. The molecule has 20 heavy (non-hydrogen) atoms. The highest BCUT2D eigenvalue weighted by atomic mass is 16.6. The van der Waals surface area contributed by atoms with Crippen LogP contribution in [0.15, 0.2) is 30.3 Å². The number of rotatable bonds is 8. The first kappa shape index (κ1) is 16.7. The van der Waals surface area contributed by atoms with Crippen LogP contribution in [0, 0.1) is 0 Å². The summed E-state index contributed by atoms with van der Waals surface area (Å²) in [5, 5.41) is 6.41. The van der Waals surface area contributed by atoms with E-state index in [4.69, 9.17) is 4.74 Å². The zero-order valence-corrected chi connectivity index (χ0v) is 12.7. The molecule has 0 aliphatic carbocycles. The number of carbonyl (C=O) groups is 1. The van der Waals surface area contributed by atoms with Crippen molar-refractivity contribution in [3.05, 3.63) is 35.9 Å². The topological polar surface area (TPSA) is 50.4 Å². The molecule has 4 heteroatoms. The van der Waals surface area contributed by atoms with Gasteiger partial charge in [0.05, 0.1) is 6.54 Å². The Bertz CT molecular complexity index is 385. The van der Waals surface area contributed by atoms with Gasteiger partial charge in [-0.05, 0) is 39.3 Å². The molecular formula is C16H26N2O2. The largest absolute Gasteiger partial charge is 0.459 e. The van der Waals surface area contributed by atoms with Crippen LogP contribution in [0.2, 0.25) is 0 Å². The molecule has 0 fully saturated rings. The van der Waals surface area contributed by atoms with Crippen molar-refractivity contribution in [1.29, 1.82) is 0 Å². The highest BCUT2D eigenvalue weighted by Gasteiger charge is 2.15. The Hall–Kier alpha value is -1.39. The van der Waals surface area contributed by atoms with Gasteiger partial charge in [-0.2, -0.15) is 0 Å². The maximum atomic E-state index is 11.4. The first-order chi connectivity index (χ1) is 9.47. The molecule has 0 saturated carbocycles. The standard InChI is InChI=1S/C16H26N2O2/c1-16(2,3)20-15(19)13-18-12-11-17-10-9-14-7-5-4-6-8-14/h4-8,17-18H,9-13H2,1-3H3. The summed E-state index contributed by atoms with van der Waals surface area (Å²) >= 11 is 0. The van der Waals surface area contributed by atoms with Crippen LogP contribution >= 0.6 is 0 Å². The van der Waals surface area contributed by atoms with Gasteiger partial charge in [-0.3, -0.25) is 4.79 Å². The Morgan fingerprint density at radius 1 is 1.05 bits per heavy atom. The molecule has 0 bridgehead atoms. The van der Waals surface area contributed by atoms with Crippen LogP contribution in [0.25, 0.3) is 0 Å². The lowest BCUT2D eigenvalue weighted by molar-refractivity contribution is -0.153. The van der Waals surface area contributed by atoms with Crippen molar-refractivity contribution in [2.24, 2.45) is 0 Å². The highest BCUT2D eigenvalue weighted by Crippen LogP contribution is 2.05. The molecule has 0 aliphatic rings. The second-order valence-electron chi connectivity index (χ2n) is 5.75. The molecule has 0 aromatic heterocycles. The molecule has 4 nitrogen and oxygen atoms in total. The van der Waals surface area contributed by atoms with Gasteiger partial charge in [0.1, 0.15) is 5.60 Å². The van der Waals surface area contributed by atoms with E-state index in [1.54, 1.807) is 0 Å². The third-order valence-corrected chi connectivity index (χ3v) is 2.60. The van der Waals surface area contributed by atoms with E-state index in [9.17, 15) is 4.79 Å². The van der Waals surface area contributed by atoms with E-state index in [0.717, 1.165) is 26.1 Å². The molecule has 0 heterocycles. The van der Waals surface area contributed by atoms with E-state index < -0.39 is 5.60 Å². The van der Waals surface area contributed by atoms with Crippen molar-refractivity contribution in [3.63, 3.8) is 0 Å². The fourth-order valence-corrected chi connectivity index (χ4v) is 1.75. The monoisotopic (exact) mass is 278 g/mol.